The van der Waals surface area contributed by atoms with Crippen LogP contribution < -0.4 is 0 Å². The van der Waals surface area contributed by atoms with Gasteiger partial charge >= 0.3 is 0 Å². The second-order valence-corrected chi connectivity index (χ2v) is 3.08. The molecule has 0 aliphatic carbocycles. The highest BCUT2D eigenvalue weighted by Crippen LogP contribution is 2.04. The number of carbonyl (C=O) groups is 1. The smallest absolute Gasteiger partial charge is 0.119 e. The summed E-state index contributed by atoms with van der Waals surface area (Å²) >= 11 is 0. The Hall–Kier alpha value is -0.630. The highest BCUT2D eigenvalue weighted by molar-refractivity contribution is 5.48. The van der Waals surface area contributed by atoms with Gasteiger partial charge in [0, 0.05) is 13.5 Å². The van der Waals surface area contributed by atoms with Crippen LogP contribution >= 0.6 is 0 Å². The average molecular weight is 184 g/mol. The summed E-state index contributed by atoms with van der Waals surface area (Å²) in [4.78, 5) is 9.99. The van der Waals surface area contributed by atoms with E-state index in [2.05, 4.69) is 6.08 Å². The minimum absolute atomic E-state index is 0.713. The summed E-state index contributed by atoms with van der Waals surface area (Å²) in [5.74, 6) is 0. The van der Waals surface area contributed by atoms with Crippen LogP contribution in [0.4, 0.5) is 0 Å². The van der Waals surface area contributed by atoms with Crippen LogP contribution in [0.25, 0.3) is 0 Å². The largest absolute Gasteiger partial charge is 0.381 e. The van der Waals surface area contributed by atoms with Crippen molar-refractivity contribution in [3.8, 4) is 0 Å². The number of hydrogen-bond acceptors (Lipinski definition) is 2. The van der Waals surface area contributed by atoms with Crippen LogP contribution in [-0.2, 0) is 9.53 Å². The molecular weight excluding hydrogens is 164 g/mol. The molecule has 2 heteroatoms. The predicted octanol–water partition coefficient (Wildman–Crippen LogP) is 2.73. The normalized spacial score (nSPS) is 10.8. The molecule has 0 N–H and O–H groups in total. The maximum Gasteiger partial charge on any atom is 0.119 e. The molecule has 0 unspecified atom stereocenters. The Balaban J connectivity index is 2.94. The lowest BCUT2D eigenvalue weighted by Gasteiger charge is -1.95. The molecule has 0 radical (unpaired) electrons. The zero-order valence-corrected chi connectivity index (χ0v) is 8.50. The maximum absolute atomic E-state index is 9.99. The lowest BCUT2D eigenvalue weighted by molar-refractivity contribution is -0.107. The Morgan fingerprint density at radius 3 is 2.31 bits per heavy atom. The quantitative estimate of drug-likeness (QED) is 0.313. The molecule has 13 heavy (non-hydrogen) atoms. The van der Waals surface area contributed by atoms with E-state index in [0.717, 1.165) is 25.5 Å². The molecule has 0 spiro atoms. The van der Waals surface area contributed by atoms with Crippen molar-refractivity contribution in [2.75, 3.05) is 13.7 Å². The third-order valence-corrected chi connectivity index (χ3v) is 1.87. The van der Waals surface area contributed by atoms with Gasteiger partial charge in [0.05, 0.1) is 6.61 Å². The number of aldehydes is 1. The molecule has 0 saturated carbocycles. The molecule has 0 aromatic heterocycles. The molecule has 0 aromatic rings. The average Bonchev–Trinajstić information content (AvgIpc) is 2.16. The van der Waals surface area contributed by atoms with Gasteiger partial charge < -0.3 is 9.53 Å². The first-order valence-corrected chi connectivity index (χ1v) is 4.99. The Labute approximate surface area is 81.0 Å². The highest BCUT2D eigenvalue weighted by atomic mass is 16.5. The van der Waals surface area contributed by atoms with Gasteiger partial charge in [-0.15, -0.1) is 0 Å². The highest BCUT2D eigenvalue weighted by Gasteiger charge is 1.87. The SMILES string of the molecule is COC/C=C/CCCCCCC=O. The van der Waals surface area contributed by atoms with E-state index in [4.69, 9.17) is 4.74 Å². The summed E-state index contributed by atoms with van der Waals surface area (Å²) in [5.41, 5.74) is 0. The minimum Gasteiger partial charge on any atom is -0.381 e. The first-order chi connectivity index (χ1) is 6.41. The fourth-order valence-electron chi connectivity index (χ4n) is 1.13. The van der Waals surface area contributed by atoms with Crippen LogP contribution in [0.1, 0.15) is 38.5 Å². The van der Waals surface area contributed by atoms with E-state index in [1.165, 1.54) is 19.3 Å². The van der Waals surface area contributed by atoms with Crippen LogP contribution in [0.2, 0.25) is 0 Å². The van der Waals surface area contributed by atoms with Crippen LogP contribution in [0.15, 0.2) is 12.2 Å². The summed E-state index contributed by atoms with van der Waals surface area (Å²) in [7, 11) is 1.70. The number of ether oxygens (including phenoxy) is 1. The van der Waals surface area contributed by atoms with E-state index < -0.39 is 0 Å². The third kappa shape index (κ3) is 11.4. The Bertz CT molecular complexity index is 130. The molecule has 0 rings (SSSR count). The van der Waals surface area contributed by atoms with Crippen molar-refractivity contribution in [3.63, 3.8) is 0 Å². The lowest BCUT2D eigenvalue weighted by atomic mass is 10.1. The van der Waals surface area contributed by atoms with Gasteiger partial charge in [-0.25, -0.2) is 0 Å². The van der Waals surface area contributed by atoms with Gasteiger partial charge in [-0.05, 0) is 19.3 Å². The molecule has 0 aliphatic heterocycles. The number of hydrogen-bond donors (Lipinski definition) is 0. The fourth-order valence-corrected chi connectivity index (χ4v) is 1.13. The van der Waals surface area contributed by atoms with Crippen LogP contribution in [0.5, 0.6) is 0 Å². The summed E-state index contributed by atoms with van der Waals surface area (Å²) in [6, 6.07) is 0. The van der Waals surface area contributed by atoms with Gasteiger partial charge in [0.15, 0.2) is 0 Å². The molecule has 0 aromatic carbocycles. The molecule has 0 saturated heterocycles. The van der Waals surface area contributed by atoms with Crippen LogP contribution in [0, 0.1) is 0 Å². The second kappa shape index (κ2) is 11.4. The van der Waals surface area contributed by atoms with Gasteiger partial charge in [-0.2, -0.15) is 0 Å². The van der Waals surface area contributed by atoms with E-state index in [-0.39, 0.29) is 0 Å². The Kier molecular flexibility index (Phi) is 10.8. The van der Waals surface area contributed by atoms with Crippen molar-refractivity contribution in [2.24, 2.45) is 0 Å². The molecular formula is C11H20O2. The van der Waals surface area contributed by atoms with Gasteiger partial charge in [-0.3, -0.25) is 0 Å². The zero-order chi connectivity index (χ0) is 9.78. The molecule has 0 atom stereocenters. The van der Waals surface area contributed by atoms with E-state index in [1.807, 2.05) is 6.08 Å². The van der Waals surface area contributed by atoms with E-state index >= 15 is 0 Å². The van der Waals surface area contributed by atoms with E-state index in [9.17, 15) is 4.79 Å². The van der Waals surface area contributed by atoms with Gasteiger partial charge in [0.2, 0.25) is 0 Å². The summed E-state index contributed by atoms with van der Waals surface area (Å²) in [6.45, 7) is 0.713. The van der Waals surface area contributed by atoms with Crippen molar-refractivity contribution < 1.29 is 9.53 Å². The van der Waals surface area contributed by atoms with Crippen LogP contribution in [-0.4, -0.2) is 20.0 Å². The first-order valence-electron chi connectivity index (χ1n) is 4.99. The van der Waals surface area contributed by atoms with Crippen molar-refractivity contribution >= 4 is 6.29 Å². The standard InChI is InChI=1S/C11H20O2/c1-13-11-9-7-5-3-2-4-6-8-10-12/h7,9-10H,2-6,8,11H2,1H3/b9-7+. The van der Waals surface area contributed by atoms with E-state index in [0.29, 0.717) is 6.61 Å². The predicted molar refractivity (Wildman–Crippen MR) is 54.8 cm³/mol. The van der Waals surface area contributed by atoms with Crippen molar-refractivity contribution in [1.29, 1.82) is 0 Å². The number of unbranched alkanes of at least 4 members (excludes halogenated alkanes) is 5. The zero-order valence-electron chi connectivity index (χ0n) is 8.50. The molecule has 0 heterocycles. The second-order valence-electron chi connectivity index (χ2n) is 3.08. The fraction of sp³-hybridized carbons (Fsp3) is 0.727. The molecule has 0 fully saturated rings. The van der Waals surface area contributed by atoms with E-state index in [1.54, 1.807) is 7.11 Å². The minimum atomic E-state index is 0.713. The molecule has 0 amide bonds. The van der Waals surface area contributed by atoms with Gasteiger partial charge in [0.1, 0.15) is 6.29 Å². The maximum atomic E-state index is 9.99. The number of methoxy groups -OCH3 is 1. The Morgan fingerprint density at radius 2 is 1.69 bits per heavy atom. The third-order valence-electron chi connectivity index (χ3n) is 1.87. The molecule has 0 bridgehead atoms. The lowest BCUT2D eigenvalue weighted by Crippen LogP contribution is -1.81. The van der Waals surface area contributed by atoms with Crippen molar-refractivity contribution in [1.82, 2.24) is 0 Å². The van der Waals surface area contributed by atoms with Crippen molar-refractivity contribution in [2.45, 2.75) is 38.5 Å². The number of allylic oxidation sites excluding steroid dienone is 1. The first kappa shape index (κ1) is 12.4. The summed E-state index contributed by atoms with van der Waals surface area (Å²) in [6.07, 6.45) is 11.7. The molecule has 76 valence electrons. The molecule has 0 aliphatic rings. The number of rotatable bonds is 9. The van der Waals surface area contributed by atoms with Gasteiger partial charge in [0.25, 0.3) is 0 Å². The molecule has 2 nitrogen and oxygen atoms in total. The Morgan fingerprint density at radius 1 is 1.00 bits per heavy atom. The van der Waals surface area contributed by atoms with Crippen LogP contribution in [0.3, 0.4) is 0 Å². The van der Waals surface area contributed by atoms with Gasteiger partial charge in [-0.1, -0.05) is 25.0 Å². The summed E-state index contributed by atoms with van der Waals surface area (Å²) in [5, 5.41) is 0. The monoisotopic (exact) mass is 184 g/mol. The number of carbonyl (C=O) groups excluding carboxylic acids is 1. The summed E-state index contributed by atoms with van der Waals surface area (Å²) < 4.78 is 4.88. The van der Waals surface area contributed by atoms with Crippen molar-refractivity contribution in [3.05, 3.63) is 12.2 Å². The topological polar surface area (TPSA) is 26.3 Å².